The number of nitrogens with one attached hydrogen (secondary N) is 2. The maximum absolute atomic E-state index is 6.00. The number of aliphatic imine (C=N–C) groups is 1. The Labute approximate surface area is 120 Å². The first-order valence-corrected chi connectivity index (χ1v) is 6.89. The van der Waals surface area contributed by atoms with E-state index in [1.54, 1.807) is 7.05 Å². The van der Waals surface area contributed by atoms with Crippen molar-refractivity contribution < 1.29 is 4.74 Å². The zero-order valence-corrected chi connectivity index (χ0v) is 12.5. The maximum Gasteiger partial charge on any atom is 0.191 e. The van der Waals surface area contributed by atoms with Crippen molar-refractivity contribution in [1.29, 1.82) is 0 Å². The predicted octanol–water partition coefficient (Wildman–Crippen LogP) is 2.68. The van der Waals surface area contributed by atoms with E-state index < -0.39 is 0 Å². The van der Waals surface area contributed by atoms with Gasteiger partial charge in [0.1, 0.15) is 12.4 Å². The highest BCUT2D eigenvalue weighted by Gasteiger charge is 2.03. The topological polar surface area (TPSA) is 45.7 Å². The highest BCUT2D eigenvalue weighted by Crippen LogP contribution is 2.22. The van der Waals surface area contributed by atoms with Crippen LogP contribution >= 0.6 is 11.6 Å². The van der Waals surface area contributed by atoms with Crippen LogP contribution in [-0.2, 0) is 0 Å². The lowest BCUT2D eigenvalue weighted by molar-refractivity contribution is 0.322. The number of hydrogen-bond donors (Lipinski definition) is 2. The van der Waals surface area contributed by atoms with Gasteiger partial charge in [-0.2, -0.15) is 0 Å². The van der Waals surface area contributed by atoms with Crippen LogP contribution in [0.3, 0.4) is 0 Å². The summed E-state index contributed by atoms with van der Waals surface area (Å²) in [5.74, 6) is 1.49. The van der Waals surface area contributed by atoms with E-state index in [1.807, 2.05) is 24.3 Å². The molecular formula is C14H22ClN3O. The number of nitrogens with zero attached hydrogens (tertiary/aromatic N) is 1. The van der Waals surface area contributed by atoms with Gasteiger partial charge in [-0.3, -0.25) is 4.99 Å². The Balaban J connectivity index is 2.28. The van der Waals surface area contributed by atoms with Crippen molar-refractivity contribution in [2.24, 2.45) is 4.99 Å². The number of halogens is 1. The minimum absolute atomic E-state index is 0.399. The zero-order chi connectivity index (χ0) is 14.1. The molecule has 5 heteroatoms. The predicted molar refractivity (Wildman–Crippen MR) is 81.2 cm³/mol. The second kappa shape index (κ2) is 8.64. The van der Waals surface area contributed by atoms with E-state index in [1.165, 1.54) is 0 Å². The molecule has 0 aliphatic heterocycles. The first-order chi connectivity index (χ1) is 9.17. The lowest BCUT2D eigenvalue weighted by Gasteiger charge is -2.16. The van der Waals surface area contributed by atoms with Crippen LogP contribution in [0.1, 0.15) is 20.3 Å². The molecule has 1 aromatic rings. The number of ether oxygens (including phenoxy) is 1. The number of guanidine groups is 1. The van der Waals surface area contributed by atoms with Gasteiger partial charge in [-0.05, 0) is 25.5 Å². The van der Waals surface area contributed by atoms with Crippen molar-refractivity contribution in [2.45, 2.75) is 26.3 Å². The maximum atomic E-state index is 6.00. The van der Waals surface area contributed by atoms with Crippen LogP contribution in [0.15, 0.2) is 29.3 Å². The number of hydrogen-bond acceptors (Lipinski definition) is 2. The van der Waals surface area contributed by atoms with Gasteiger partial charge in [0.25, 0.3) is 0 Å². The van der Waals surface area contributed by atoms with E-state index >= 15 is 0 Å². The van der Waals surface area contributed by atoms with Crippen molar-refractivity contribution in [3.05, 3.63) is 29.3 Å². The smallest absolute Gasteiger partial charge is 0.191 e. The number of para-hydroxylation sites is 1. The molecule has 0 bridgehead atoms. The highest BCUT2D eigenvalue weighted by molar-refractivity contribution is 6.32. The largest absolute Gasteiger partial charge is 0.490 e. The van der Waals surface area contributed by atoms with E-state index in [-0.39, 0.29) is 0 Å². The van der Waals surface area contributed by atoms with Crippen LogP contribution in [0, 0.1) is 0 Å². The fraction of sp³-hybridized carbons (Fsp3) is 0.500. The van der Waals surface area contributed by atoms with Crippen LogP contribution in [0.5, 0.6) is 5.75 Å². The third-order valence-electron chi connectivity index (χ3n) is 2.71. The van der Waals surface area contributed by atoms with Gasteiger partial charge in [0.15, 0.2) is 5.96 Å². The third-order valence-corrected chi connectivity index (χ3v) is 3.02. The van der Waals surface area contributed by atoms with Crippen molar-refractivity contribution >= 4 is 17.6 Å². The minimum atomic E-state index is 0.399. The Bertz CT molecular complexity index is 409. The molecule has 1 atom stereocenters. The van der Waals surface area contributed by atoms with Crippen molar-refractivity contribution in [2.75, 3.05) is 20.2 Å². The van der Waals surface area contributed by atoms with Gasteiger partial charge in [0.05, 0.1) is 11.6 Å². The molecule has 1 rings (SSSR count). The van der Waals surface area contributed by atoms with E-state index in [4.69, 9.17) is 16.3 Å². The van der Waals surface area contributed by atoms with E-state index in [0.717, 1.165) is 12.4 Å². The van der Waals surface area contributed by atoms with E-state index in [2.05, 4.69) is 29.5 Å². The van der Waals surface area contributed by atoms with Crippen LogP contribution in [0.2, 0.25) is 5.02 Å². The van der Waals surface area contributed by atoms with Gasteiger partial charge in [-0.25, -0.2) is 0 Å². The molecule has 0 saturated carbocycles. The fourth-order valence-corrected chi connectivity index (χ4v) is 1.61. The van der Waals surface area contributed by atoms with Crippen molar-refractivity contribution in [3.8, 4) is 5.75 Å². The number of rotatable bonds is 6. The molecular weight excluding hydrogens is 262 g/mol. The summed E-state index contributed by atoms with van der Waals surface area (Å²) in [5.41, 5.74) is 0. The van der Waals surface area contributed by atoms with E-state index in [0.29, 0.717) is 30.0 Å². The normalized spacial score (nSPS) is 12.9. The monoisotopic (exact) mass is 283 g/mol. The Hall–Kier alpha value is -1.42. The fourth-order valence-electron chi connectivity index (χ4n) is 1.42. The summed E-state index contributed by atoms with van der Waals surface area (Å²) in [7, 11) is 1.76. The summed E-state index contributed by atoms with van der Waals surface area (Å²) in [4.78, 5) is 4.15. The lowest BCUT2D eigenvalue weighted by atomic mass is 10.3. The van der Waals surface area contributed by atoms with E-state index in [9.17, 15) is 0 Å². The van der Waals surface area contributed by atoms with Gasteiger partial charge in [-0.1, -0.05) is 30.7 Å². The molecule has 4 nitrogen and oxygen atoms in total. The highest BCUT2D eigenvalue weighted by atomic mass is 35.5. The molecule has 0 aromatic heterocycles. The Kier molecular flexibility index (Phi) is 7.11. The second-order valence-electron chi connectivity index (χ2n) is 4.23. The van der Waals surface area contributed by atoms with Crippen LogP contribution in [0.4, 0.5) is 0 Å². The van der Waals surface area contributed by atoms with Crippen LogP contribution < -0.4 is 15.4 Å². The Morgan fingerprint density at radius 2 is 2.16 bits per heavy atom. The first kappa shape index (κ1) is 15.6. The Morgan fingerprint density at radius 1 is 1.42 bits per heavy atom. The average Bonchev–Trinajstić information content (AvgIpc) is 2.43. The summed E-state index contributed by atoms with van der Waals surface area (Å²) in [6, 6.07) is 7.85. The summed E-state index contributed by atoms with van der Waals surface area (Å²) in [5, 5.41) is 7.11. The summed E-state index contributed by atoms with van der Waals surface area (Å²) >= 11 is 6.00. The molecule has 0 amide bonds. The van der Waals surface area contributed by atoms with Crippen molar-refractivity contribution in [3.63, 3.8) is 0 Å². The van der Waals surface area contributed by atoms with Gasteiger partial charge in [-0.15, -0.1) is 0 Å². The molecule has 0 aliphatic carbocycles. The molecule has 0 aliphatic rings. The van der Waals surface area contributed by atoms with Gasteiger partial charge < -0.3 is 15.4 Å². The molecule has 106 valence electrons. The van der Waals surface area contributed by atoms with Crippen LogP contribution in [-0.4, -0.2) is 32.2 Å². The van der Waals surface area contributed by atoms with Gasteiger partial charge in [0.2, 0.25) is 0 Å². The quantitative estimate of drug-likeness (QED) is 0.479. The molecule has 19 heavy (non-hydrogen) atoms. The molecule has 0 spiro atoms. The standard InChI is InChI=1S/C14H22ClN3O/c1-4-11(2)18-14(16-3)17-9-10-19-13-8-6-5-7-12(13)15/h5-8,11H,4,9-10H2,1-3H3,(H2,16,17,18). The molecule has 2 N–H and O–H groups in total. The lowest BCUT2D eigenvalue weighted by Crippen LogP contribution is -2.43. The second-order valence-corrected chi connectivity index (χ2v) is 4.64. The molecule has 0 saturated heterocycles. The van der Waals surface area contributed by atoms with Crippen LogP contribution in [0.25, 0.3) is 0 Å². The minimum Gasteiger partial charge on any atom is -0.490 e. The zero-order valence-electron chi connectivity index (χ0n) is 11.7. The Morgan fingerprint density at radius 3 is 2.79 bits per heavy atom. The van der Waals surface area contributed by atoms with Crippen molar-refractivity contribution in [1.82, 2.24) is 10.6 Å². The molecule has 1 unspecified atom stereocenters. The summed E-state index contributed by atoms with van der Waals surface area (Å²) in [6.45, 7) is 5.45. The summed E-state index contributed by atoms with van der Waals surface area (Å²) < 4.78 is 5.59. The molecule has 1 aromatic carbocycles. The van der Waals surface area contributed by atoms with Gasteiger partial charge in [0, 0.05) is 13.1 Å². The van der Waals surface area contributed by atoms with Gasteiger partial charge >= 0.3 is 0 Å². The third kappa shape index (κ3) is 5.83. The number of benzene rings is 1. The summed E-state index contributed by atoms with van der Waals surface area (Å²) in [6.07, 6.45) is 1.05. The first-order valence-electron chi connectivity index (χ1n) is 6.51. The average molecular weight is 284 g/mol. The SMILES string of the molecule is CCC(C)NC(=NC)NCCOc1ccccc1Cl. The molecule has 0 radical (unpaired) electrons. The molecule has 0 heterocycles. The molecule has 0 fully saturated rings.